The Labute approximate surface area is 110 Å². The summed E-state index contributed by atoms with van der Waals surface area (Å²) >= 11 is 0. The molecule has 3 heteroatoms. The lowest BCUT2D eigenvalue weighted by atomic mass is 9.87. The Morgan fingerprint density at radius 1 is 1.33 bits per heavy atom. The van der Waals surface area contributed by atoms with Gasteiger partial charge in [0, 0.05) is 12.2 Å². The van der Waals surface area contributed by atoms with E-state index in [1.54, 1.807) is 0 Å². The Hall–Kier alpha value is -1.25. The van der Waals surface area contributed by atoms with Gasteiger partial charge in [0.25, 0.3) is 0 Å². The molecule has 0 amide bonds. The van der Waals surface area contributed by atoms with Gasteiger partial charge in [0.1, 0.15) is 0 Å². The predicted molar refractivity (Wildman–Crippen MR) is 75.1 cm³/mol. The molecular weight excluding hydrogens is 224 g/mol. The van der Waals surface area contributed by atoms with Crippen molar-refractivity contribution in [3.8, 4) is 5.75 Å². The second kappa shape index (κ2) is 6.62. The van der Waals surface area contributed by atoms with E-state index < -0.39 is 0 Å². The summed E-state index contributed by atoms with van der Waals surface area (Å²) in [5.74, 6) is 2.67. The lowest BCUT2D eigenvalue weighted by molar-refractivity contribution is 0.316. The van der Waals surface area contributed by atoms with Crippen LogP contribution >= 0.6 is 0 Å². The normalized spacial score (nSPS) is 23.7. The number of pyridine rings is 1. The van der Waals surface area contributed by atoms with Gasteiger partial charge in [-0.15, -0.1) is 0 Å². The zero-order valence-electron chi connectivity index (χ0n) is 11.5. The average molecular weight is 248 g/mol. The molecule has 3 nitrogen and oxygen atoms in total. The van der Waals surface area contributed by atoms with Crippen LogP contribution in [0.4, 0.5) is 5.82 Å². The van der Waals surface area contributed by atoms with Crippen LogP contribution in [0.15, 0.2) is 18.3 Å². The summed E-state index contributed by atoms with van der Waals surface area (Å²) in [6.45, 7) is 5.21. The fourth-order valence-corrected chi connectivity index (χ4v) is 2.43. The number of nitrogens with zero attached hydrogens (tertiary/aromatic N) is 1. The molecule has 1 aromatic rings. The highest BCUT2D eigenvalue weighted by atomic mass is 16.5. The van der Waals surface area contributed by atoms with Gasteiger partial charge in [-0.05, 0) is 50.2 Å². The molecule has 0 atom stereocenters. The monoisotopic (exact) mass is 248 g/mol. The van der Waals surface area contributed by atoms with Crippen molar-refractivity contribution in [1.29, 1.82) is 0 Å². The van der Waals surface area contributed by atoms with E-state index in [4.69, 9.17) is 4.74 Å². The minimum Gasteiger partial charge on any atom is -0.490 e. The van der Waals surface area contributed by atoms with Gasteiger partial charge in [-0.1, -0.05) is 13.8 Å². The zero-order chi connectivity index (χ0) is 12.8. The first kappa shape index (κ1) is 13.2. The molecule has 1 heterocycles. The van der Waals surface area contributed by atoms with E-state index in [0.29, 0.717) is 6.04 Å². The first-order valence-electron chi connectivity index (χ1n) is 7.14. The fourth-order valence-electron chi connectivity index (χ4n) is 2.43. The van der Waals surface area contributed by atoms with Gasteiger partial charge in [0.2, 0.25) is 0 Å². The molecule has 2 rings (SSSR count). The molecule has 0 spiro atoms. The number of hydrogen-bond donors (Lipinski definition) is 1. The first-order chi connectivity index (χ1) is 8.79. The molecule has 1 aromatic heterocycles. The molecule has 1 aliphatic carbocycles. The second-order valence-corrected chi connectivity index (χ2v) is 5.30. The highest BCUT2D eigenvalue weighted by molar-refractivity contribution is 5.50. The van der Waals surface area contributed by atoms with Crippen LogP contribution in [-0.4, -0.2) is 17.6 Å². The van der Waals surface area contributed by atoms with Crippen LogP contribution in [0.5, 0.6) is 5.75 Å². The maximum atomic E-state index is 5.72. The van der Waals surface area contributed by atoms with E-state index in [1.165, 1.54) is 25.7 Å². The molecule has 18 heavy (non-hydrogen) atoms. The third-order valence-electron chi connectivity index (χ3n) is 3.59. The summed E-state index contributed by atoms with van der Waals surface area (Å²) in [7, 11) is 0. The van der Waals surface area contributed by atoms with Gasteiger partial charge in [-0.2, -0.15) is 0 Å². The van der Waals surface area contributed by atoms with Gasteiger partial charge in [-0.25, -0.2) is 4.98 Å². The summed E-state index contributed by atoms with van der Waals surface area (Å²) in [6.07, 6.45) is 7.96. The van der Waals surface area contributed by atoms with Crippen molar-refractivity contribution >= 4 is 5.82 Å². The molecule has 1 N–H and O–H groups in total. The van der Waals surface area contributed by atoms with Crippen molar-refractivity contribution in [2.24, 2.45) is 5.92 Å². The van der Waals surface area contributed by atoms with E-state index in [2.05, 4.69) is 24.1 Å². The summed E-state index contributed by atoms with van der Waals surface area (Å²) in [5.41, 5.74) is 0. The molecule has 0 bridgehead atoms. The highest BCUT2D eigenvalue weighted by Gasteiger charge is 2.19. The Bertz CT molecular complexity index is 359. The Morgan fingerprint density at radius 2 is 2.11 bits per heavy atom. The number of ether oxygens (including phenoxy) is 1. The van der Waals surface area contributed by atoms with Gasteiger partial charge in [0.15, 0.2) is 11.6 Å². The third kappa shape index (κ3) is 3.62. The molecule has 0 aromatic carbocycles. The van der Waals surface area contributed by atoms with Crippen molar-refractivity contribution in [3.63, 3.8) is 0 Å². The standard InChI is InChI=1S/C15H24N2O/c1-3-11-18-14-5-4-10-16-15(14)17-13-8-6-12(2)7-9-13/h4-5,10,12-13H,3,6-9,11H2,1-2H3,(H,16,17). The van der Waals surface area contributed by atoms with Crippen LogP contribution in [0.1, 0.15) is 46.0 Å². The lowest BCUT2D eigenvalue weighted by Gasteiger charge is -2.27. The van der Waals surface area contributed by atoms with Crippen molar-refractivity contribution < 1.29 is 4.74 Å². The largest absolute Gasteiger partial charge is 0.490 e. The average Bonchev–Trinajstić information content (AvgIpc) is 2.40. The number of aromatic nitrogens is 1. The predicted octanol–water partition coefficient (Wildman–Crippen LogP) is 3.86. The minimum atomic E-state index is 0.556. The topological polar surface area (TPSA) is 34.1 Å². The Balaban J connectivity index is 1.95. The minimum absolute atomic E-state index is 0.556. The van der Waals surface area contributed by atoms with Gasteiger partial charge < -0.3 is 10.1 Å². The summed E-state index contributed by atoms with van der Waals surface area (Å²) in [4.78, 5) is 4.41. The first-order valence-corrected chi connectivity index (χ1v) is 7.14. The Morgan fingerprint density at radius 3 is 2.83 bits per heavy atom. The number of hydrogen-bond acceptors (Lipinski definition) is 3. The van der Waals surface area contributed by atoms with Crippen molar-refractivity contribution in [3.05, 3.63) is 18.3 Å². The summed E-state index contributed by atoms with van der Waals surface area (Å²) < 4.78 is 5.72. The maximum Gasteiger partial charge on any atom is 0.168 e. The zero-order valence-corrected chi connectivity index (χ0v) is 11.5. The molecule has 100 valence electrons. The Kier molecular flexibility index (Phi) is 4.85. The summed E-state index contributed by atoms with van der Waals surface area (Å²) in [6, 6.07) is 4.48. The van der Waals surface area contributed by atoms with Crippen molar-refractivity contribution in [2.75, 3.05) is 11.9 Å². The van der Waals surface area contributed by atoms with Crippen LogP contribution in [-0.2, 0) is 0 Å². The van der Waals surface area contributed by atoms with E-state index >= 15 is 0 Å². The van der Waals surface area contributed by atoms with Crippen molar-refractivity contribution in [2.45, 2.75) is 52.0 Å². The number of nitrogens with one attached hydrogen (secondary N) is 1. The molecular formula is C15H24N2O. The smallest absolute Gasteiger partial charge is 0.168 e. The van der Waals surface area contributed by atoms with Gasteiger partial charge in [-0.3, -0.25) is 0 Å². The molecule has 1 fully saturated rings. The second-order valence-electron chi connectivity index (χ2n) is 5.30. The highest BCUT2D eigenvalue weighted by Crippen LogP contribution is 2.28. The number of anilines is 1. The fraction of sp³-hybridized carbons (Fsp3) is 0.667. The van der Waals surface area contributed by atoms with Crippen LogP contribution in [0.2, 0.25) is 0 Å². The molecule has 0 unspecified atom stereocenters. The number of rotatable bonds is 5. The van der Waals surface area contributed by atoms with Crippen molar-refractivity contribution in [1.82, 2.24) is 4.98 Å². The molecule has 0 saturated heterocycles. The lowest BCUT2D eigenvalue weighted by Crippen LogP contribution is -2.25. The SMILES string of the molecule is CCCOc1cccnc1NC1CCC(C)CC1. The molecule has 1 saturated carbocycles. The molecule has 0 aliphatic heterocycles. The van der Waals surface area contributed by atoms with Crippen LogP contribution in [0.25, 0.3) is 0 Å². The van der Waals surface area contributed by atoms with Crippen LogP contribution < -0.4 is 10.1 Å². The van der Waals surface area contributed by atoms with E-state index in [9.17, 15) is 0 Å². The quantitative estimate of drug-likeness (QED) is 0.859. The van der Waals surface area contributed by atoms with E-state index in [-0.39, 0.29) is 0 Å². The van der Waals surface area contributed by atoms with E-state index in [1.807, 2.05) is 18.3 Å². The summed E-state index contributed by atoms with van der Waals surface area (Å²) in [5, 5.41) is 3.54. The third-order valence-corrected chi connectivity index (χ3v) is 3.59. The van der Waals surface area contributed by atoms with Gasteiger partial charge >= 0.3 is 0 Å². The van der Waals surface area contributed by atoms with E-state index in [0.717, 1.165) is 30.5 Å². The molecule has 0 radical (unpaired) electrons. The molecule has 1 aliphatic rings. The van der Waals surface area contributed by atoms with Crippen LogP contribution in [0.3, 0.4) is 0 Å². The van der Waals surface area contributed by atoms with Crippen LogP contribution in [0, 0.1) is 5.92 Å². The van der Waals surface area contributed by atoms with Gasteiger partial charge in [0.05, 0.1) is 6.61 Å². The maximum absolute atomic E-state index is 5.72.